The summed E-state index contributed by atoms with van der Waals surface area (Å²) >= 11 is 10.9. The molecule has 1 aromatic rings. The summed E-state index contributed by atoms with van der Waals surface area (Å²) in [7, 11) is 0. The molecule has 0 bridgehead atoms. The molecule has 0 heterocycles. The lowest BCUT2D eigenvalue weighted by atomic mass is 10.3. The second-order valence-electron chi connectivity index (χ2n) is 3.14. The summed E-state index contributed by atoms with van der Waals surface area (Å²) in [6.07, 6.45) is 1.01. The SMILES string of the molecule is O=C(O)/C(Cl)=C(Cl)/C=N/Nc1ccc([N+](=O)[O-])cc1. The summed E-state index contributed by atoms with van der Waals surface area (Å²) < 4.78 is 0. The normalized spacial score (nSPS) is 12.1. The number of halogens is 2. The molecule has 0 aliphatic rings. The van der Waals surface area contributed by atoms with E-state index in [1.54, 1.807) is 0 Å². The van der Waals surface area contributed by atoms with Crippen molar-refractivity contribution in [2.45, 2.75) is 0 Å². The van der Waals surface area contributed by atoms with Crippen LogP contribution in [0, 0.1) is 10.1 Å². The average Bonchev–Trinajstić information content (AvgIpc) is 2.38. The van der Waals surface area contributed by atoms with Crippen LogP contribution >= 0.6 is 23.2 Å². The van der Waals surface area contributed by atoms with Gasteiger partial charge in [-0.3, -0.25) is 15.5 Å². The second kappa shape index (κ2) is 6.72. The number of nitro groups is 1. The number of hydrogen-bond acceptors (Lipinski definition) is 5. The van der Waals surface area contributed by atoms with Gasteiger partial charge in [0.2, 0.25) is 0 Å². The zero-order chi connectivity index (χ0) is 14.4. The Kier molecular flexibility index (Phi) is 5.28. The van der Waals surface area contributed by atoms with Crippen LogP contribution in [-0.2, 0) is 4.79 Å². The van der Waals surface area contributed by atoms with Gasteiger partial charge in [0, 0.05) is 12.1 Å². The highest BCUT2D eigenvalue weighted by atomic mass is 35.5. The maximum absolute atomic E-state index is 10.5. The first kappa shape index (κ1) is 14.9. The Balaban J connectivity index is 2.69. The number of benzene rings is 1. The zero-order valence-electron chi connectivity index (χ0n) is 9.21. The Hall–Kier alpha value is -2.12. The molecule has 0 saturated carbocycles. The van der Waals surface area contributed by atoms with Crippen LogP contribution in [0.4, 0.5) is 11.4 Å². The number of nitrogens with zero attached hydrogens (tertiary/aromatic N) is 2. The maximum Gasteiger partial charge on any atom is 0.348 e. The van der Waals surface area contributed by atoms with Gasteiger partial charge in [0.1, 0.15) is 5.03 Å². The van der Waals surface area contributed by atoms with Crippen LogP contribution in [0.2, 0.25) is 0 Å². The fraction of sp³-hybridized carbons (Fsp3) is 0. The Labute approximate surface area is 117 Å². The minimum atomic E-state index is -1.37. The van der Waals surface area contributed by atoms with Crippen molar-refractivity contribution in [2.75, 3.05) is 5.43 Å². The minimum Gasteiger partial charge on any atom is -0.477 e. The van der Waals surface area contributed by atoms with Crippen LogP contribution in [0.25, 0.3) is 0 Å². The zero-order valence-corrected chi connectivity index (χ0v) is 10.7. The molecule has 0 radical (unpaired) electrons. The maximum atomic E-state index is 10.5. The first-order chi connectivity index (χ1) is 8.91. The number of carboxylic acids is 1. The topological polar surface area (TPSA) is 105 Å². The highest BCUT2D eigenvalue weighted by Crippen LogP contribution is 2.16. The summed E-state index contributed by atoms with van der Waals surface area (Å²) in [5.41, 5.74) is 2.93. The third-order valence-corrected chi connectivity index (χ3v) is 2.60. The fourth-order valence-electron chi connectivity index (χ4n) is 0.980. The van der Waals surface area contributed by atoms with Gasteiger partial charge in [-0.15, -0.1) is 0 Å². The number of hydrogen-bond donors (Lipinski definition) is 2. The van der Waals surface area contributed by atoms with Crippen molar-refractivity contribution in [3.8, 4) is 0 Å². The number of aliphatic carboxylic acids is 1. The smallest absolute Gasteiger partial charge is 0.348 e. The van der Waals surface area contributed by atoms with Gasteiger partial charge in [-0.2, -0.15) is 5.10 Å². The van der Waals surface area contributed by atoms with E-state index >= 15 is 0 Å². The Morgan fingerprint density at radius 3 is 2.42 bits per heavy atom. The molecule has 0 atom stereocenters. The van der Waals surface area contributed by atoms with Crippen LogP contribution in [0.15, 0.2) is 39.4 Å². The van der Waals surface area contributed by atoms with E-state index in [2.05, 4.69) is 10.5 Å². The Morgan fingerprint density at radius 2 is 1.95 bits per heavy atom. The van der Waals surface area contributed by atoms with E-state index in [1.165, 1.54) is 24.3 Å². The lowest BCUT2D eigenvalue weighted by Gasteiger charge is -1.99. The summed E-state index contributed by atoms with van der Waals surface area (Å²) in [5.74, 6) is -1.37. The number of carboxylic acid groups (broad SMARTS) is 1. The van der Waals surface area contributed by atoms with Gasteiger partial charge in [-0.05, 0) is 12.1 Å². The molecule has 100 valence electrons. The first-order valence-corrected chi connectivity index (χ1v) is 5.49. The number of carbonyl (C=O) groups is 1. The van der Waals surface area contributed by atoms with E-state index in [-0.39, 0.29) is 10.7 Å². The van der Waals surface area contributed by atoms with E-state index in [9.17, 15) is 14.9 Å². The molecule has 0 unspecified atom stereocenters. The predicted octanol–water partition coefficient (Wildman–Crippen LogP) is 2.77. The van der Waals surface area contributed by atoms with Crippen molar-refractivity contribution in [2.24, 2.45) is 5.10 Å². The van der Waals surface area contributed by atoms with Crippen molar-refractivity contribution >= 4 is 46.8 Å². The number of non-ortho nitro benzene ring substituents is 1. The van der Waals surface area contributed by atoms with Crippen LogP contribution in [-0.4, -0.2) is 22.2 Å². The molecule has 7 nitrogen and oxygen atoms in total. The molecular formula is C10H7Cl2N3O4. The fourth-order valence-corrected chi connectivity index (χ4v) is 1.16. The van der Waals surface area contributed by atoms with Gasteiger partial charge in [-0.25, -0.2) is 4.79 Å². The molecule has 0 saturated heterocycles. The third kappa shape index (κ3) is 4.57. The van der Waals surface area contributed by atoms with Gasteiger partial charge in [0.15, 0.2) is 0 Å². The molecule has 0 spiro atoms. The standard InChI is InChI=1S/C10H7Cl2N3O4/c11-8(9(12)10(16)17)5-13-14-6-1-3-7(4-2-6)15(18)19/h1-5,14H,(H,16,17)/b9-8+,13-5+. The number of anilines is 1. The Morgan fingerprint density at radius 1 is 1.37 bits per heavy atom. The van der Waals surface area contributed by atoms with E-state index < -0.39 is 15.9 Å². The van der Waals surface area contributed by atoms with Crippen molar-refractivity contribution in [3.05, 3.63) is 44.4 Å². The van der Waals surface area contributed by atoms with E-state index in [1.807, 2.05) is 0 Å². The number of nitro benzene ring substituents is 1. The average molecular weight is 304 g/mol. The molecule has 0 fully saturated rings. The quantitative estimate of drug-likeness (QED) is 0.376. The predicted molar refractivity (Wildman–Crippen MR) is 71.6 cm³/mol. The number of allylic oxidation sites excluding steroid dienone is 1. The van der Waals surface area contributed by atoms with Crippen LogP contribution < -0.4 is 5.43 Å². The van der Waals surface area contributed by atoms with Gasteiger partial charge < -0.3 is 5.11 Å². The largest absolute Gasteiger partial charge is 0.477 e. The van der Waals surface area contributed by atoms with Crippen LogP contribution in [0.5, 0.6) is 0 Å². The third-order valence-electron chi connectivity index (χ3n) is 1.85. The summed E-state index contributed by atoms with van der Waals surface area (Å²) in [6, 6.07) is 5.46. The molecular weight excluding hydrogens is 297 g/mol. The van der Waals surface area contributed by atoms with Crippen LogP contribution in [0.3, 0.4) is 0 Å². The molecule has 1 rings (SSSR count). The Bertz CT molecular complexity index is 554. The number of nitrogens with one attached hydrogen (secondary N) is 1. The molecule has 19 heavy (non-hydrogen) atoms. The molecule has 0 aliphatic carbocycles. The summed E-state index contributed by atoms with van der Waals surface area (Å²) in [5, 5.41) is 21.8. The monoisotopic (exact) mass is 303 g/mol. The first-order valence-electron chi connectivity index (χ1n) is 4.74. The molecule has 1 aromatic carbocycles. The van der Waals surface area contributed by atoms with Gasteiger partial charge in [0.05, 0.1) is 21.9 Å². The molecule has 9 heteroatoms. The number of rotatable bonds is 5. The van der Waals surface area contributed by atoms with E-state index in [0.29, 0.717) is 5.69 Å². The summed E-state index contributed by atoms with van der Waals surface area (Å²) in [6.45, 7) is 0. The highest BCUT2D eigenvalue weighted by Gasteiger charge is 2.07. The van der Waals surface area contributed by atoms with Crippen molar-refractivity contribution in [1.29, 1.82) is 0 Å². The second-order valence-corrected chi connectivity index (χ2v) is 3.93. The van der Waals surface area contributed by atoms with E-state index in [4.69, 9.17) is 28.3 Å². The summed E-state index contributed by atoms with van der Waals surface area (Å²) in [4.78, 5) is 20.3. The van der Waals surface area contributed by atoms with Crippen molar-refractivity contribution in [1.82, 2.24) is 0 Å². The van der Waals surface area contributed by atoms with Gasteiger partial charge in [0.25, 0.3) is 5.69 Å². The molecule has 0 amide bonds. The molecule has 2 N–H and O–H groups in total. The van der Waals surface area contributed by atoms with Crippen LogP contribution in [0.1, 0.15) is 0 Å². The van der Waals surface area contributed by atoms with Gasteiger partial charge >= 0.3 is 5.97 Å². The van der Waals surface area contributed by atoms with E-state index in [0.717, 1.165) is 6.21 Å². The van der Waals surface area contributed by atoms with Crippen molar-refractivity contribution < 1.29 is 14.8 Å². The molecule has 0 aromatic heterocycles. The lowest BCUT2D eigenvalue weighted by Crippen LogP contribution is -1.98. The van der Waals surface area contributed by atoms with Gasteiger partial charge in [-0.1, -0.05) is 23.2 Å². The number of hydrazone groups is 1. The molecule has 0 aliphatic heterocycles. The highest BCUT2D eigenvalue weighted by molar-refractivity contribution is 6.51. The van der Waals surface area contributed by atoms with Crippen molar-refractivity contribution in [3.63, 3.8) is 0 Å². The minimum absolute atomic E-state index is 0.0543. The lowest BCUT2D eigenvalue weighted by molar-refractivity contribution is -0.384.